The fourth-order valence-corrected chi connectivity index (χ4v) is 3.45. The fourth-order valence-electron chi connectivity index (χ4n) is 3.45. The first-order chi connectivity index (χ1) is 13.6. The molecule has 3 aromatic rings. The number of pyridine rings is 1. The highest BCUT2D eigenvalue weighted by Crippen LogP contribution is 2.22. The van der Waals surface area contributed by atoms with Gasteiger partial charge in [-0.1, -0.05) is 24.3 Å². The number of benzene rings is 1. The van der Waals surface area contributed by atoms with Gasteiger partial charge in [-0.2, -0.15) is 0 Å². The molecule has 0 aliphatic carbocycles. The lowest BCUT2D eigenvalue weighted by Gasteiger charge is -2.10. The number of para-hydroxylation sites is 1. The zero-order valence-corrected chi connectivity index (χ0v) is 15.7. The van der Waals surface area contributed by atoms with Crippen LogP contribution in [0.15, 0.2) is 59.7 Å². The molecule has 1 aliphatic rings. The van der Waals surface area contributed by atoms with Gasteiger partial charge >= 0.3 is 0 Å². The van der Waals surface area contributed by atoms with E-state index in [2.05, 4.69) is 21.2 Å². The molecule has 2 atom stereocenters. The molecule has 2 unspecified atom stereocenters. The van der Waals surface area contributed by atoms with Gasteiger partial charge in [-0.3, -0.25) is 19.3 Å². The van der Waals surface area contributed by atoms with E-state index in [9.17, 15) is 9.59 Å². The number of hydrogen-bond donors (Lipinski definition) is 3. The van der Waals surface area contributed by atoms with Crippen molar-refractivity contribution in [3.63, 3.8) is 0 Å². The lowest BCUT2D eigenvalue weighted by Crippen LogP contribution is -2.40. The highest BCUT2D eigenvalue weighted by Gasteiger charge is 2.31. The Balaban J connectivity index is 1.54. The predicted octanol–water partition coefficient (Wildman–Crippen LogP) is 1.43. The van der Waals surface area contributed by atoms with E-state index < -0.39 is 6.04 Å². The van der Waals surface area contributed by atoms with Gasteiger partial charge in [0.2, 0.25) is 5.91 Å². The van der Waals surface area contributed by atoms with Crippen LogP contribution in [0.2, 0.25) is 0 Å². The van der Waals surface area contributed by atoms with Crippen molar-refractivity contribution in [2.24, 2.45) is 7.05 Å². The summed E-state index contributed by atoms with van der Waals surface area (Å²) in [7, 11) is 1.80. The van der Waals surface area contributed by atoms with Crippen LogP contribution in [0.1, 0.15) is 23.7 Å². The first-order valence-corrected chi connectivity index (χ1v) is 9.12. The molecule has 8 heteroatoms. The first kappa shape index (κ1) is 18.1. The third kappa shape index (κ3) is 3.23. The molecule has 1 fully saturated rings. The second-order valence-electron chi connectivity index (χ2n) is 6.84. The summed E-state index contributed by atoms with van der Waals surface area (Å²) in [6.07, 6.45) is 4.06. The Morgan fingerprint density at radius 2 is 1.96 bits per heavy atom. The Hall–Kier alpha value is -3.23. The van der Waals surface area contributed by atoms with Crippen LogP contribution in [0.25, 0.3) is 5.69 Å². The van der Waals surface area contributed by atoms with E-state index in [1.54, 1.807) is 28.8 Å². The smallest absolute Gasteiger partial charge is 0.295 e. The SMILES string of the molecule is Cc1c(NC(=O)C2CC(c3cccnc3)NN2)c(=O)n(-c2ccccc2)n1C. The molecule has 4 rings (SSSR count). The van der Waals surface area contributed by atoms with E-state index in [4.69, 9.17) is 0 Å². The van der Waals surface area contributed by atoms with E-state index in [1.807, 2.05) is 49.4 Å². The van der Waals surface area contributed by atoms with Gasteiger partial charge in [0.05, 0.1) is 11.4 Å². The lowest BCUT2D eigenvalue weighted by atomic mass is 10.0. The van der Waals surface area contributed by atoms with Crippen molar-refractivity contribution in [2.45, 2.75) is 25.4 Å². The highest BCUT2D eigenvalue weighted by molar-refractivity contribution is 5.95. The van der Waals surface area contributed by atoms with Gasteiger partial charge in [0, 0.05) is 25.5 Å². The molecule has 1 saturated heterocycles. The number of anilines is 1. The van der Waals surface area contributed by atoms with Crippen molar-refractivity contribution >= 4 is 11.6 Å². The summed E-state index contributed by atoms with van der Waals surface area (Å²) in [6, 6.07) is 12.7. The monoisotopic (exact) mass is 378 g/mol. The molecule has 0 bridgehead atoms. The number of carbonyl (C=O) groups excluding carboxylic acids is 1. The zero-order chi connectivity index (χ0) is 19.7. The van der Waals surface area contributed by atoms with E-state index in [0.717, 1.165) is 11.3 Å². The maximum absolute atomic E-state index is 12.9. The van der Waals surface area contributed by atoms with E-state index in [1.165, 1.54) is 0 Å². The molecule has 144 valence electrons. The molecule has 2 aromatic heterocycles. The number of carbonyl (C=O) groups is 1. The van der Waals surface area contributed by atoms with E-state index in [-0.39, 0.29) is 17.5 Å². The summed E-state index contributed by atoms with van der Waals surface area (Å²) in [6.45, 7) is 1.81. The number of aromatic nitrogens is 3. The van der Waals surface area contributed by atoms with Crippen molar-refractivity contribution in [3.8, 4) is 5.69 Å². The molecular formula is C20H22N6O2. The molecule has 1 aliphatic heterocycles. The van der Waals surface area contributed by atoms with E-state index >= 15 is 0 Å². The van der Waals surface area contributed by atoms with Crippen molar-refractivity contribution in [2.75, 3.05) is 5.32 Å². The zero-order valence-electron chi connectivity index (χ0n) is 15.7. The molecule has 0 radical (unpaired) electrons. The van der Waals surface area contributed by atoms with Crippen molar-refractivity contribution in [1.29, 1.82) is 0 Å². The Labute approximate surface area is 162 Å². The molecule has 28 heavy (non-hydrogen) atoms. The average molecular weight is 378 g/mol. The van der Waals surface area contributed by atoms with Crippen LogP contribution >= 0.6 is 0 Å². The van der Waals surface area contributed by atoms with Gasteiger partial charge in [0.1, 0.15) is 11.7 Å². The van der Waals surface area contributed by atoms with Gasteiger partial charge in [0.15, 0.2) is 0 Å². The van der Waals surface area contributed by atoms with Crippen LogP contribution < -0.4 is 21.7 Å². The topological polar surface area (TPSA) is 93.0 Å². The van der Waals surface area contributed by atoms with Crippen molar-refractivity contribution < 1.29 is 4.79 Å². The molecule has 8 nitrogen and oxygen atoms in total. The highest BCUT2D eigenvalue weighted by atomic mass is 16.2. The molecule has 1 aromatic carbocycles. The number of hydrazine groups is 1. The normalized spacial score (nSPS) is 18.9. The first-order valence-electron chi connectivity index (χ1n) is 9.12. The summed E-state index contributed by atoms with van der Waals surface area (Å²) < 4.78 is 3.29. The molecule has 0 saturated carbocycles. The second-order valence-corrected chi connectivity index (χ2v) is 6.84. The van der Waals surface area contributed by atoms with Gasteiger partial charge in [-0.15, -0.1) is 0 Å². The fraction of sp³-hybridized carbons (Fsp3) is 0.250. The largest absolute Gasteiger partial charge is 0.319 e. The number of amides is 1. The minimum Gasteiger partial charge on any atom is -0.319 e. The molecule has 0 spiro atoms. The van der Waals surface area contributed by atoms with Crippen LogP contribution in [0.4, 0.5) is 5.69 Å². The predicted molar refractivity (Wildman–Crippen MR) is 106 cm³/mol. The standard InChI is InChI=1S/C20H22N6O2/c1-13-18(20(28)26(25(13)2)15-8-4-3-5-9-15)22-19(27)17-11-16(23-24-17)14-7-6-10-21-12-14/h3-10,12,16-17,23-24H,11H2,1-2H3,(H,22,27). The maximum Gasteiger partial charge on any atom is 0.295 e. The van der Waals surface area contributed by atoms with Gasteiger partial charge in [0.25, 0.3) is 5.56 Å². The lowest BCUT2D eigenvalue weighted by molar-refractivity contribution is -0.117. The van der Waals surface area contributed by atoms with Crippen LogP contribution in [-0.4, -0.2) is 26.3 Å². The number of nitrogens with one attached hydrogen (secondary N) is 3. The summed E-state index contributed by atoms with van der Waals surface area (Å²) in [5.41, 5.74) is 8.62. The minimum atomic E-state index is -0.450. The molecule has 3 heterocycles. The third-order valence-electron chi connectivity index (χ3n) is 5.11. The molecular weight excluding hydrogens is 356 g/mol. The van der Waals surface area contributed by atoms with Crippen molar-refractivity contribution in [1.82, 2.24) is 25.2 Å². The number of rotatable bonds is 4. The Morgan fingerprint density at radius 1 is 1.18 bits per heavy atom. The van der Waals surface area contributed by atoms with E-state index in [0.29, 0.717) is 17.8 Å². The summed E-state index contributed by atoms with van der Waals surface area (Å²) >= 11 is 0. The van der Waals surface area contributed by atoms with Gasteiger partial charge in [-0.25, -0.2) is 15.5 Å². The third-order valence-corrected chi connectivity index (χ3v) is 5.11. The Bertz CT molecular complexity index is 1040. The van der Waals surface area contributed by atoms with Crippen LogP contribution in [0.3, 0.4) is 0 Å². The maximum atomic E-state index is 12.9. The average Bonchev–Trinajstić information content (AvgIpc) is 3.30. The second kappa shape index (κ2) is 7.41. The number of hydrogen-bond acceptors (Lipinski definition) is 5. The van der Waals surface area contributed by atoms with Crippen molar-refractivity contribution in [3.05, 3.63) is 76.5 Å². The summed E-state index contributed by atoms with van der Waals surface area (Å²) in [5.74, 6) is -0.245. The van der Waals surface area contributed by atoms with Crippen LogP contribution in [0.5, 0.6) is 0 Å². The minimum absolute atomic E-state index is 0.0118. The summed E-state index contributed by atoms with van der Waals surface area (Å²) in [4.78, 5) is 29.8. The van der Waals surface area contributed by atoms with Gasteiger partial charge in [-0.05, 0) is 37.1 Å². The van der Waals surface area contributed by atoms with Crippen LogP contribution in [0, 0.1) is 6.92 Å². The van der Waals surface area contributed by atoms with Crippen LogP contribution in [-0.2, 0) is 11.8 Å². The van der Waals surface area contributed by atoms with Gasteiger partial charge < -0.3 is 5.32 Å². The quantitative estimate of drug-likeness (QED) is 0.639. The Kier molecular flexibility index (Phi) is 4.81. The summed E-state index contributed by atoms with van der Waals surface area (Å²) in [5, 5.41) is 2.81. The molecule has 3 N–H and O–H groups in total. The molecule has 1 amide bonds. The Morgan fingerprint density at radius 3 is 2.68 bits per heavy atom. The number of nitrogens with zero attached hydrogens (tertiary/aromatic N) is 3.